The van der Waals surface area contributed by atoms with Gasteiger partial charge in [0.05, 0.1) is 37.4 Å². The molecule has 0 radical (unpaired) electrons. The number of anilines is 1. The zero-order valence-corrected chi connectivity index (χ0v) is 55.1. The van der Waals surface area contributed by atoms with E-state index in [2.05, 4.69) is 16.6 Å². The first-order valence-electron chi connectivity index (χ1n) is 31.9. The fourth-order valence-electron chi connectivity index (χ4n) is 12.1. The fraction of sp³-hybridized carbons (Fsp3) is 0.638. The predicted octanol–water partition coefficient (Wildman–Crippen LogP) is 6.94. The molecule has 22 heteroatoms. The second kappa shape index (κ2) is 37.7. The number of piperidine rings is 1. The van der Waals surface area contributed by atoms with Crippen LogP contribution < -0.4 is 16.4 Å². The first-order chi connectivity index (χ1) is 43.1. The number of nitrogen functional groups attached to an aromatic ring is 1. The van der Waals surface area contributed by atoms with Crippen molar-refractivity contribution in [3.05, 3.63) is 77.4 Å². The Morgan fingerprint density at radius 2 is 1.57 bits per heavy atom. The van der Waals surface area contributed by atoms with Crippen molar-refractivity contribution in [3.63, 3.8) is 0 Å². The van der Waals surface area contributed by atoms with E-state index < -0.39 is 102 Å². The molecular formula is C69H101N5O17. The van der Waals surface area contributed by atoms with Crippen LogP contribution in [0.5, 0.6) is 0 Å². The fourth-order valence-corrected chi connectivity index (χ4v) is 12.1. The zero-order valence-electron chi connectivity index (χ0n) is 55.1. The van der Waals surface area contributed by atoms with Crippen LogP contribution in [0.2, 0.25) is 0 Å². The highest BCUT2D eigenvalue weighted by Crippen LogP contribution is 2.38. The minimum Gasteiger partial charge on any atom is -0.466 e. The Bertz CT molecular complexity index is 2810. The minimum absolute atomic E-state index is 0.0193. The number of amidine groups is 1. The summed E-state index contributed by atoms with van der Waals surface area (Å²) in [5.41, 5.74) is 7.70. The minimum atomic E-state index is -2.43. The molecule has 16 atom stereocenters. The number of aliphatic hydroxyl groups is 3. The Kier molecular flexibility index (Phi) is 31.8. The van der Waals surface area contributed by atoms with Crippen LogP contribution in [-0.2, 0) is 66.8 Å². The molecule has 0 spiro atoms. The number of aliphatic hydroxyl groups excluding tert-OH is 2. The van der Waals surface area contributed by atoms with Crippen molar-refractivity contribution in [1.29, 1.82) is 5.41 Å². The second-order valence-corrected chi connectivity index (χ2v) is 24.9. The maximum Gasteiger partial charge on any atom is 0.329 e. The van der Waals surface area contributed by atoms with Gasteiger partial charge in [0.15, 0.2) is 5.78 Å². The summed E-state index contributed by atoms with van der Waals surface area (Å²) in [6, 6.07) is 4.53. The highest BCUT2D eigenvalue weighted by Gasteiger charge is 2.53. The van der Waals surface area contributed by atoms with E-state index in [4.69, 9.17) is 46.0 Å². The molecule has 3 heterocycles. The number of nitrogens with two attached hydrogens (primary N) is 1. The van der Waals surface area contributed by atoms with Gasteiger partial charge in [0.2, 0.25) is 17.6 Å². The molecule has 3 aliphatic heterocycles. The number of cyclic esters (lactones) is 1. The lowest BCUT2D eigenvalue weighted by Crippen LogP contribution is -2.61. The number of nitrogens with one attached hydrogen (secondary N) is 3. The van der Waals surface area contributed by atoms with Crippen LogP contribution in [0.3, 0.4) is 0 Å². The molecule has 5 rings (SSSR count). The first kappa shape index (κ1) is 76.7. The monoisotopic (exact) mass is 1270 g/mol. The molecule has 0 unspecified atom stereocenters. The molecule has 1 aliphatic carbocycles. The predicted molar refractivity (Wildman–Crippen MR) is 342 cm³/mol. The zero-order chi connectivity index (χ0) is 67.7. The number of carbonyl (C=O) groups is 8. The number of ether oxygens (including phenoxy) is 6. The Labute approximate surface area is 537 Å². The lowest BCUT2D eigenvalue weighted by molar-refractivity contribution is -0.265. The Balaban J connectivity index is 0.000000567. The van der Waals surface area contributed by atoms with E-state index >= 15 is 0 Å². The summed E-state index contributed by atoms with van der Waals surface area (Å²) in [6.07, 6.45) is 16.2. The molecule has 3 fully saturated rings. The number of terminal acetylenes is 1. The van der Waals surface area contributed by atoms with Gasteiger partial charge in [-0.15, -0.1) is 6.42 Å². The molecule has 0 aromatic heterocycles. The third-order valence-electron chi connectivity index (χ3n) is 17.8. The van der Waals surface area contributed by atoms with Crippen LogP contribution in [0.4, 0.5) is 5.69 Å². The lowest BCUT2D eigenvalue weighted by atomic mass is 9.78. The average molecular weight is 1270 g/mol. The van der Waals surface area contributed by atoms with Crippen LogP contribution in [0.15, 0.2) is 71.9 Å². The van der Waals surface area contributed by atoms with Crippen molar-refractivity contribution in [2.24, 2.45) is 41.2 Å². The summed E-state index contributed by atoms with van der Waals surface area (Å²) in [6.45, 7) is 14.6. The number of amides is 3. The molecule has 504 valence electrons. The van der Waals surface area contributed by atoms with Crippen molar-refractivity contribution in [2.45, 2.75) is 212 Å². The van der Waals surface area contributed by atoms with Gasteiger partial charge >= 0.3 is 11.9 Å². The number of rotatable bonds is 15. The molecule has 22 nitrogen and oxygen atoms in total. The van der Waals surface area contributed by atoms with Crippen LogP contribution >= 0.6 is 0 Å². The van der Waals surface area contributed by atoms with Crippen molar-refractivity contribution in [3.8, 4) is 12.3 Å². The summed E-state index contributed by atoms with van der Waals surface area (Å²) in [5, 5.41) is 46.3. The number of allylic oxidation sites excluding steroid dienone is 6. The van der Waals surface area contributed by atoms with Gasteiger partial charge < -0.3 is 65.0 Å². The molecular weight excluding hydrogens is 1170 g/mol. The molecule has 8 N–H and O–H groups in total. The smallest absolute Gasteiger partial charge is 0.329 e. The van der Waals surface area contributed by atoms with Gasteiger partial charge in [-0.25, -0.2) is 4.79 Å². The number of carbonyl (C=O) groups excluding carboxylic acids is 8. The van der Waals surface area contributed by atoms with Crippen LogP contribution in [0.25, 0.3) is 0 Å². The number of fused-ring (bicyclic) bond motifs is 3. The average Bonchev–Trinajstić information content (AvgIpc) is 0.800. The van der Waals surface area contributed by atoms with Gasteiger partial charge in [-0.1, -0.05) is 77.0 Å². The van der Waals surface area contributed by atoms with E-state index in [1.54, 1.807) is 72.3 Å². The number of ketones is 3. The highest BCUT2D eigenvalue weighted by molar-refractivity contribution is 6.39. The SMILES string of the molecule is C#C[C@H](CC(=O)OCC)NC(=O)CCC(=O)Nc1ccc(C(=N)N)cc1.CO[C@H]1C[C@@H]2CC[C@@H](C)[C@@](O)(O2)C(=O)C(=O)N2CCCC[C@H]2C(=O)O[C@H]([C@H](C)C[C@@H]2CC[C@@H](O)[C@H](OC)C2)CC(=O)[C@H](C)/C=C(\C)[C@@H](O)[C@@H](OC)C(=O)[C@H](C)C[C@H](C)/C=C/C=CC=C1C. The number of esters is 2. The van der Waals surface area contributed by atoms with Crippen molar-refractivity contribution >= 4 is 58.5 Å². The quantitative estimate of drug-likeness (QED) is 0.0233. The van der Waals surface area contributed by atoms with Crippen LogP contribution in [0, 0.1) is 53.3 Å². The molecule has 1 aromatic rings. The number of nitrogens with zero attached hydrogens (tertiary/aromatic N) is 1. The van der Waals surface area contributed by atoms with E-state index in [0.717, 1.165) is 12.0 Å². The number of hydrogen-bond acceptors (Lipinski definition) is 18. The normalized spacial score (nSPS) is 31.1. The third-order valence-corrected chi connectivity index (χ3v) is 17.8. The van der Waals surface area contributed by atoms with Gasteiger partial charge in [0.1, 0.15) is 42.0 Å². The topological polar surface area (TPSA) is 330 Å². The molecule has 91 heavy (non-hydrogen) atoms. The second-order valence-electron chi connectivity index (χ2n) is 24.9. The van der Waals surface area contributed by atoms with E-state index in [9.17, 15) is 53.7 Å². The Morgan fingerprint density at radius 3 is 2.21 bits per heavy atom. The molecule has 3 amide bonds. The van der Waals surface area contributed by atoms with Gasteiger partial charge in [-0.3, -0.25) is 39.0 Å². The largest absolute Gasteiger partial charge is 0.466 e. The summed E-state index contributed by atoms with van der Waals surface area (Å²) in [4.78, 5) is 107. The molecule has 2 saturated heterocycles. The number of Topliss-reactive ketones (excluding diaryl/α,β-unsaturated/α-hetero) is 3. The maximum absolute atomic E-state index is 14.4. The maximum atomic E-state index is 14.4. The molecule has 2 bridgehead atoms. The number of methoxy groups -OCH3 is 3. The standard InChI is InChI=1S/C51H79NO13.C18H22N4O4/c1-30-16-12-11-13-17-31(2)42(61-8)28-38-21-19-36(7)51(60,65-38)48(57)49(58)52-23-15-14-18-39(52)50(59)64-43(33(4)26-37-20-22-40(53)44(27-37)62-9)29-41(54)32(3)25-35(6)46(56)47(63-10)45(55)34(5)24-30;1-3-13(11-17(25)26-4-2)21-15(23)9-10-16(24)22-14-7-5-12(6-8-14)18(19)20/h11-13,16-17,25,30,32-34,36-40,42-44,46-47,53,56,60H,14-15,18-24,26-29H2,1-10H3;1,5-8,13H,4,9-11H2,2H3,(H3,19,20)(H,21,23)(H,22,24)/b13-11?,16-12+,31-17?,35-25+;/t30-,32-,33-,34-,36-,37+,38+,39+,40-,42+,43+,44-,46-,47+,51-;13-/m11/s1. The van der Waals surface area contributed by atoms with E-state index in [0.29, 0.717) is 74.6 Å². The Hall–Kier alpha value is -6.71. The van der Waals surface area contributed by atoms with E-state index in [-0.39, 0.29) is 92.4 Å². The van der Waals surface area contributed by atoms with Gasteiger partial charge in [-0.05, 0) is 138 Å². The van der Waals surface area contributed by atoms with Gasteiger partial charge in [-0.2, -0.15) is 0 Å². The first-order valence-corrected chi connectivity index (χ1v) is 31.9. The van der Waals surface area contributed by atoms with Gasteiger partial charge in [0.25, 0.3) is 11.7 Å². The van der Waals surface area contributed by atoms with E-state index in [1.807, 2.05) is 58.1 Å². The van der Waals surface area contributed by atoms with Crippen molar-refractivity contribution in [2.75, 3.05) is 39.8 Å². The van der Waals surface area contributed by atoms with E-state index in [1.165, 1.54) is 12.0 Å². The third kappa shape index (κ3) is 23.4. The summed E-state index contributed by atoms with van der Waals surface area (Å²) in [7, 11) is 4.52. The lowest BCUT2D eigenvalue weighted by Gasteiger charge is -2.42. The number of benzene rings is 1. The van der Waals surface area contributed by atoms with Crippen LogP contribution in [0.1, 0.15) is 157 Å². The van der Waals surface area contributed by atoms with Crippen LogP contribution in [-0.4, -0.2) is 168 Å². The molecule has 1 saturated carbocycles. The summed E-state index contributed by atoms with van der Waals surface area (Å²) < 4.78 is 34.1. The highest BCUT2D eigenvalue weighted by atomic mass is 16.6. The van der Waals surface area contributed by atoms with Gasteiger partial charge in [0, 0.05) is 82.6 Å². The molecule has 4 aliphatic rings. The Morgan fingerprint density at radius 1 is 0.879 bits per heavy atom. The number of hydrogen-bond donors (Lipinski definition) is 7. The summed E-state index contributed by atoms with van der Waals surface area (Å²) in [5.74, 6) is -7.00. The summed E-state index contributed by atoms with van der Waals surface area (Å²) >= 11 is 0. The van der Waals surface area contributed by atoms with Crippen molar-refractivity contribution < 1.29 is 82.1 Å². The molecule has 1 aromatic carbocycles. The van der Waals surface area contributed by atoms with Crippen molar-refractivity contribution in [1.82, 2.24) is 10.2 Å².